The maximum absolute atomic E-state index is 4.54. The molecule has 0 N–H and O–H groups in total. The molecule has 23 heavy (non-hydrogen) atoms. The van der Waals surface area contributed by atoms with Crippen LogP contribution in [-0.4, -0.2) is 57.9 Å². The van der Waals surface area contributed by atoms with Gasteiger partial charge in [-0.3, -0.25) is 4.68 Å². The highest BCUT2D eigenvalue weighted by atomic mass is 15.3. The average Bonchev–Trinajstić information content (AvgIpc) is 3.03. The standard InChI is InChI=1S/C17H28N6/c1-12(2)8-23-7-6-14(10-23)9-21(4)16-15-13(3)20-22(5)17(15)19-11-18-16/h11-12,14H,6-10H2,1-5H3/t14-/m1/s1. The Labute approximate surface area is 138 Å². The van der Waals surface area contributed by atoms with E-state index in [4.69, 9.17) is 0 Å². The molecule has 0 amide bonds. The maximum Gasteiger partial charge on any atom is 0.163 e. The first-order valence-electron chi connectivity index (χ1n) is 8.53. The van der Waals surface area contributed by atoms with Crippen LogP contribution in [0.3, 0.4) is 0 Å². The Morgan fingerprint density at radius 3 is 2.87 bits per heavy atom. The van der Waals surface area contributed by atoms with Gasteiger partial charge in [-0.15, -0.1) is 0 Å². The first kappa shape index (κ1) is 16.2. The summed E-state index contributed by atoms with van der Waals surface area (Å²) in [5.74, 6) is 2.45. The molecule has 126 valence electrons. The summed E-state index contributed by atoms with van der Waals surface area (Å²) in [4.78, 5) is 13.8. The number of rotatable bonds is 5. The number of fused-ring (bicyclic) bond motifs is 1. The summed E-state index contributed by atoms with van der Waals surface area (Å²) >= 11 is 0. The molecular formula is C17H28N6. The normalized spacial score (nSPS) is 19.1. The van der Waals surface area contributed by atoms with Crippen LogP contribution in [0.5, 0.6) is 0 Å². The Balaban J connectivity index is 1.73. The highest BCUT2D eigenvalue weighted by Gasteiger charge is 2.25. The summed E-state index contributed by atoms with van der Waals surface area (Å²) in [6, 6.07) is 0. The van der Waals surface area contributed by atoms with Gasteiger partial charge in [-0.1, -0.05) is 13.8 Å². The molecule has 1 saturated heterocycles. The minimum Gasteiger partial charge on any atom is -0.359 e. The summed E-state index contributed by atoms with van der Waals surface area (Å²) in [5, 5.41) is 5.57. The Morgan fingerprint density at radius 2 is 2.13 bits per heavy atom. The molecule has 0 radical (unpaired) electrons. The second-order valence-electron chi connectivity index (χ2n) is 7.29. The topological polar surface area (TPSA) is 50.1 Å². The number of nitrogens with zero attached hydrogens (tertiary/aromatic N) is 6. The van der Waals surface area contributed by atoms with E-state index in [1.165, 1.54) is 26.1 Å². The van der Waals surface area contributed by atoms with E-state index >= 15 is 0 Å². The fourth-order valence-corrected chi connectivity index (χ4v) is 3.77. The lowest BCUT2D eigenvalue weighted by Crippen LogP contribution is -2.30. The van der Waals surface area contributed by atoms with E-state index in [1.54, 1.807) is 6.33 Å². The molecule has 0 aliphatic carbocycles. The third-order valence-corrected chi connectivity index (χ3v) is 4.66. The molecule has 1 fully saturated rings. The first-order chi connectivity index (χ1) is 11.0. The van der Waals surface area contributed by atoms with Crippen molar-refractivity contribution in [2.75, 3.05) is 38.1 Å². The van der Waals surface area contributed by atoms with Crippen molar-refractivity contribution in [1.29, 1.82) is 0 Å². The largest absolute Gasteiger partial charge is 0.359 e. The van der Waals surface area contributed by atoms with Crippen molar-refractivity contribution in [3.05, 3.63) is 12.0 Å². The lowest BCUT2D eigenvalue weighted by Gasteiger charge is -2.23. The summed E-state index contributed by atoms with van der Waals surface area (Å²) in [7, 11) is 4.08. The van der Waals surface area contributed by atoms with E-state index in [0.717, 1.165) is 35.0 Å². The van der Waals surface area contributed by atoms with Crippen LogP contribution in [0.1, 0.15) is 26.0 Å². The molecule has 0 unspecified atom stereocenters. The second-order valence-corrected chi connectivity index (χ2v) is 7.29. The van der Waals surface area contributed by atoms with Gasteiger partial charge in [0.2, 0.25) is 0 Å². The Kier molecular flexibility index (Phi) is 4.53. The van der Waals surface area contributed by atoms with Gasteiger partial charge in [0.25, 0.3) is 0 Å². The maximum atomic E-state index is 4.54. The van der Waals surface area contributed by atoms with Gasteiger partial charge in [0.05, 0.1) is 11.1 Å². The van der Waals surface area contributed by atoms with E-state index in [-0.39, 0.29) is 0 Å². The van der Waals surface area contributed by atoms with Crippen LogP contribution >= 0.6 is 0 Å². The van der Waals surface area contributed by atoms with E-state index in [2.05, 4.69) is 45.8 Å². The smallest absolute Gasteiger partial charge is 0.163 e. The van der Waals surface area contributed by atoms with Crippen molar-refractivity contribution in [3.63, 3.8) is 0 Å². The number of anilines is 1. The third-order valence-electron chi connectivity index (χ3n) is 4.66. The third kappa shape index (κ3) is 3.32. The molecule has 0 aromatic carbocycles. The van der Waals surface area contributed by atoms with Crippen LogP contribution in [-0.2, 0) is 7.05 Å². The zero-order valence-corrected chi connectivity index (χ0v) is 15.0. The van der Waals surface area contributed by atoms with E-state index in [9.17, 15) is 0 Å². The molecular weight excluding hydrogens is 288 g/mol. The predicted octanol–water partition coefficient (Wildman–Crippen LogP) is 2.09. The SMILES string of the molecule is Cc1nn(C)c2ncnc(N(C)C[C@H]3CCN(CC(C)C)C3)c12. The lowest BCUT2D eigenvalue weighted by molar-refractivity contribution is 0.288. The van der Waals surface area contributed by atoms with Crippen LogP contribution in [0.15, 0.2) is 6.33 Å². The van der Waals surface area contributed by atoms with E-state index < -0.39 is 0 Å². The van der Waals surface area contributed by atoms with Crippen LogP contribution in [0.25, 0.3) is 11.0 Å². The number of likely N-dealkylation sites (tertiary alicyclic amines) is 1. The fraction of sp³-hybridized carbons (Fsp3) is 0.706. The van der Waals surface area contributed by atoms with E-state index in [1.807, 2.05) is 18.7 Å². The molecule has 3 heterocycles. The molecule has 2 aromatic heterocycles. The van der Waals surface area contributed by atoms with Crippen LogP contribution in [0, 0.1) is 18.8 Å². The molecule has 0 spiro atoms. The minimum absolute atomic E-state index is 0.709. The molecule has 0 bridgehead atoms. The Bertz CT molecular complexity index is 677. The molecule has 6 heteroatoms. The second kappa shape index (κ2) is 6.43. The van der Waals surface area contributed by atoms with Crippen LogP contribution in [0.4, 0.5) is 5.82 Å². The van der Waals surface area contributed by atoms with Crippen molar-refractivity contribution in [3.8, 4) is 0 Å². The van der Waals surface area contributed by atoms with Crippen molar-refractivity contribution in [1.82, 2.24) is 24.6 Å². The number of hydrogen-bond acceptors (Lipinski definition) is 5. The molecule has 1 aliphatic rings. The van der Waals surface area contributed by atoms with Gasteiger partial charge < -0.3 is 9.80 Å². The summed E-state index contributed by atoms with van der Waals surface area (Å²) < 4.78 is 1.84. The van der Waals surface area contributed by atoms with Crippen molar-refractivity contribution >= 4 is 16.9 Å². The van der Waals surface area contributed by atoms with Crippen molar-refractivity contribution < 1.29 is 0 Å². The fourth-order valence-electron chi connectivity index (χ4n) is 3.77. The van der Waals surface area contributed by atoms with Gasteiger partial charge in [0, 0.05) is 33.7 Å². The quantitative estimate of drug-likeness (QED) is 0.845. The average molecular weight is 316 g/mol. The molecule has 1 atom stereocenters. The minimum atomic E-state index is 0.709. The molecule has 3 rings (SSSR count). The van der Waals surface area contributed by atoms with Crippen LogP contribution < -0.4 is 4.90 Å². The summed E-state index contributed by atoms with van der Waals surface area (Å²) in [6.07, 6.45) is 2.92. The van der Waals surface area contributed by atoms with Crippen molar-refractivity contribution in [2.45, 2.75) is 27.2 Å². The van der Waals surface area contributed by atoms with Crippen molar-refractivity contribution in [2.24, 2.45) is 18.9 Å². The number of aryl methyl sites for hydroxylation is 2. The Morgan fingerprint density at radius 1 is 1.35 bits per heavy atom. The van der Waals surface area contributed by atoms with Gasteiger partial charge >= 0.3 is 0 Å². The van der Waals surface area contributed by atoms with Gasteiger partial charge in [0.15, 0.2) is 5.65 Å². The van der Waals surface area contributed by atoms with Gasteiger partial charge in [-0.25, -0.2) is 9.97 Å². The number of aromatic nitrogens is 4. The lowest BCUT2D eigenvalue weighted by atomic mass is 10.1. The molecule has 1 aliphatic heterocycles. The highest BCUT2D eigenvalue weighted by Crippen LogP contribution is 2.27. The van der Waals surface area contributed by atoms with Gasteiger partial charge in [-0.05, 0) is 31.7 Å². The highest BCUT2D eigenvalue weighted by molar-refractivity contribution is 5.89. The number of hydrogen-bond donors (Lipinski definition) is 0. The predicted molar refractivity (Wildman–Crippen MR) is 93.7 cm³/mol. The van der Waals surface area contributed by atoms with Gasteiger partial charge in [-0.2, -0.15) is 5.10 Å². The van der Waals surface area contributed by atoms with Crippen LogP contribution in [0.2, 0.25) is 0 Å². The molecule has 2 aromatic rings. The summed E-state index contributed by atoms with van der Waals surface area (Å²) in [5.41, 5.74) is 1.91. The zero-order chi connectivity index (χ0) is 16.6. The zero-order valence-electron chi connectivity index (χ0n) is 15.0. The molecule has 0 saturated carbocycles. The summed E-state index contributed by atoms with van der Waals surface area (Å²) in [6.45, 7) is 11.3. The monoisotopic (exact) mass is 316 g/mol. The van der Waals surface area contributed by atoms with E-state index in [0.29, 0.717) is 5.92 Å². The first-order valence-corrected chi connectivity index (χ1v) is 8.53. The molecule has 6 nitrogen and oxygen atoms in total. The Hall–Kier alpha value is -1.69. The van der Waals surface area contributed by atoms with Gasteiger partial charge in [0.1, 0.15) is 12.1 Å².